The van der Waals surface area contributed by atoms with Crippen LogP contribution in [0.2, 0.25) is 0 Å². The van der Waals surface area contributed by atoms with E-state index in [0.29, 0.717) is 6.04 Å². The van der Waals surface area contributed by atoms with E-state index in [2.05, 4.69) is 48.7 Å². The first kappa shape index (κ1) is 14.1. The summed E-state index contributed by atoms with van der Waals surface area (Å²) in [7, 11) is 0. The third kappa shape index (κ3) is 4.06. The predicted octanol–water partition coefficient (Wildman–Crippen LogP) is 2.12. The van der Waals surface area contributed by atoms with E-state index in [1.54, 1.807) is 0 Å². The van der Waals surface area contributed by atoms with Gasteiger partial charge in [0.25, 0.3) is 0 Å². The molecule has 19 heavy (non-hydrogen) atoms. The van der Waals surface area contributed by atoms with Crippen LogP contribution in [0.25, 0.3) is 0 Å². The summed E-state index contributed by atoms with van der Waals surface area (Å²) < 4.78 is 0. The highest BCUT2D eigenvalue weighted by atomic mass is 16.2. The molecule has 3 nitrogen and oxygen atoms in total. The van der Waals surface area contributed by atoms with Gasteiger partial charge in [-0.2, -0.15) is 0 Å². The lowest BCUT2D eigenvalue weighted by molar-refractivity contribution is -0.125. The molecule has 3 unspecified atom stereocenters. The lowest BCUT2D eigenvalue weighted by Gasteiger charge is -2.19. The van der Waals surface area contributed by atoms with Crippen molar-refractivity contribution in [3.05, 3.63) is 35.9 Å². The number of nitrogens with one attached hydrogen (secondary N) is 2. The maximum absolute atomic E-state index is 12.1. The zero-order valence-corrected chi connectivity index (χ0v) is 11.9. The van der Waals surface area contributed by atoms with Gasteiger partial charge < -0.3 is 10.6 Å². The Labute approximate surface area is 115 Å². The number of carbonyl (C=O) groups excluding carboxylic acids is 1. The van der Waals surface area contributed by atoms with Crippen LogP contribution >= 0.6 is 0 Å². The molecule has 0 spiro atoms. The van der Waals surface area contributed by atoms with Gasteiger partial charge in [0.15, 0.2) is 0 Å². The molecule has 1 amide bonds. The molecule has 104 valence electrons. The standard InChI is InChI=1S/C16H24N2O/c1-12(8-9-14-6-4-3-5-7-14)18-16(19)15-10-11-17-13(15)2/h3-7,12-13,15,17H,8-11H2,1-2H3,(H,18,19). The smallest absolute Gasteiger partial charge is 0.224 e. The quantitative estimate of drug-likeness (QED) is 0.851. The average molecular weight is 260 g/mol. The first-order valence-electron chi connectivity index (χ1n) is 7.24. The molecule has 0 bridgehead atoms. The predicted molar refractivity (Wildman–Crippen MR) is 77.9 cm³/mol. The Hall–Kier alpha value is -1.35. The zero-order chi connectivity index (χ0) is 13.7. The molecule has 1 heterocycles. The summed E-state index contributed by atoms with van der Waals surface area (Å²) in [6.45, 7) is 5.14. The van der Waals surface area contributed by atoms with Crippen molar-refractivity contribution < 1.29 is 4.79 Å². The van der Waals surface area contributed by atoms with Crippen LogP contribution in [-0.4, -0.2) is 24.5 Å². The molecular formula is C16H24N2O. The van der Waals surface area contributed by atoms with Gasteiger partial charge in [-0.15, -0.1) is 0 Å². The molecule has 0 aromatic heterocycles. The van der Waals surface area contributed by atoms with E-state index in [4.69, 9.17) is 0 Å². The highest BCUT2D eigenvalue weighted by molar-refractivity contribution is 5.80. The third-order valence-corrected chi connectivity index (χ3v) is 3.96. The minimum Gasteiger partial charge on any atom is -0.353 e. The molecule has 1 aromatic rings. The van der Waals surface area contributed by atoms with Gasteiger partial charge in [-0.25, -0.2) is 0 Å². The zero-order valence-electron chi connectivity index (χ0n) is 11.9. The van der Waals surface area contributed by atoms with Crippen molar-refractivity contribution in [1.29, 1.82) is 0 Å². The number of benzene rings is 1. The Morgan fingerprint density at radius 1 is 1.42 bits per heavy atom. The minimum atomic E-state index is 0.138. The van der Waals surface area contributed by atoms with Crippen molar-refractivity contribution >= 4 is 5.91 Å². The van der Waals surface area contributed by atoms with Crippen molar-refractivity contribution in [2.24, 2.45) is 5.92 Å². The number of hydrogen-bond acceptors (Lipinski definition) is 2. The molecule has 1 saturated heterocycles. The number of hydrogen-bond donors (Lipinski definition) is 2. The summed E-state index contributed by atoms with van der Waals surface area (Å²) in [5.41, 5.74) is 1.33. The fraction of sp³-hybridized carbons (Fsp3) is 0.562. The van der Waals surface area contributed by atoms with Gasteiger partial charge in [-0.05, 0) is 45.2 Å². The number of amides is 1. The van der Waals surface area contributed by atoms with Crippen LogP contribution in [0.4, 0.5) is 0 Å². The lowest BCUT2D eigenvalue weighted by atomic mass is 10.00. The molecule has 3 heteroatoms. The van der Waals surface area contributed by atoms with Crippen LogP contribution in [0, 0.1) is 5.92 Å². The van der Waals surface area contributed by atoms with Crippen LogP contribution in [0.15, 0.2) is 30.3 Å². The van der Waals surface area contributed by atoms with Gasteiger partial charge in [-0.1, -0.05) is 30.3 Å². The number of carbonyl (C=O) groups is 1. The van der Waals surface area contributed by atoms with Gasteiger partial charge in [-0.3, -0.25) is 4.79 Å². The maximum atomic E-state index is 12.1. The number of rotatable bonds is 5. The molecule has 1 aromatic carbocycles. The van der Waals surface area contributed by atoms with Crippen molar-refractivity contribution in [2.75, 3.05) is 6.54 Å². The van der Waals surface area contributed by atoms with Crippen LogP contribution in [0.5, 0.6) is 0 Å². The normalized spacial score (nSPS) is 24.1. The van der Waals surface area contributed by atoms with Crippen LogP contribution < -0.4 is 10.6 Å². The monoisotopic (exact) mass is 260 g/mol. The van der Waals surface area contributed by atoms with Crippen LogP contribution in [0.3, 0.4) is 0 Å². The maximum Gasteiger partial charge on any atom is 0.224 e. The minimum absolute atomic E-state index is 0.138. The lowest BCUT2D eigenvalue weighted by Crippen LogP contribution is -2.41. The fourth-order valence-corrected chi connectivity index (χ4v) is 2.67. The van der Waals surface area contributed by atoms with E-state index in [0.717, 1.165) is 25.8 Å². The highest BCUT2D eigenvalue weighted by Crippen LogP contribution is 2.15. The van der Waals surface area contributed by atoms with Gasteiger partial charge in [0.05, 0.1) is 5.92 Å². The molecule has 0 aliphatic carbocycles. The van der Waals surface area contributed by atoms with Crippen molar-refractivity contribution in [2.45, 2.75) is 45.2 Å². The second-order valence-electron chi connectivity index (χ2n) is 5.57. The van der Waals surface area contributed by atoms with Gasteiger partial charge >= 0.3 is 0 Å². The first-order chi connectivity index (χ1) is 9.16. The number of aryl methyl sites for hydroxylation is 1. The summed E-state index contributed by atoms with van der Waals surface area (Å²) in [6.07, 6.45) is 2.96. The molecule has 0 radical (unpaired) electrons. The van der Waals surface area contributed by atoms with Gasteiger partial charge in [0, 0.05) is 12.1 Å². The van der Waals surface area contributed by atoms with E-state index in [1.807, 2.05) is 6.07 Å². The molecule has 2 N–H and O–H groups in total. The molecule has 1 fully saturated rings. The third-order valence-electron chi connectivity index (χ3n) is 3.96. The first-order valence-corrected chi connectivity index (χ1v) is 7.24. The summed E-state index contributed by atoms with van der Waals surface area (Å²) in [4.78, 5) is 12.1. The SMILES string of the molecule is CC(CCc1ccccc1)NC(=O)C1CCNC1C. The van der Waals surface area contributed by atoms with Gasteiger partial charge in [0.1, 0.15) is 0 Å². The fourth-order valence-electron chi connectivity index (χ4n) is 2.67. The molecule has 1 aliphatic heterocycles. The van der Waals surface area contributed by atoms with Crippen molar-refractivity contribution in [3.63, 3.8) is 0 Å². The molecule has 0 saturated carbocycles. The van der Waals surface area contributed by atoms with E-state index >= 15 is 0 Å². The van der Waals surface area contributed by atoms with Crippen molar-refractivity contribution in [1.82, 2.24) is 10.6 Å². The second-order valence-corrected chi connectivity index (χ2v) is 5.57. The van der Waals surface area contributed by atoms with E-state index in [1.165, 1.54) is 5.56 Å². The average Bonchev–Trinajstić information content (AvgIpc) is 2.84. The second kappa shape index (κ2) is 6.71. The molecule has 2 rings (SSSR count). The van der Waals surface area contributed by atoms with Crippen LogP contribution in [-0.2, 0) is 11.2 Å². The Morgan fingerprint density at radius 2 is 2.16 bits per heavy atom. The van der Waals surface area contributed by atoms with Crippen LogP contribution in [0.1, 0.15) is 32.3 Å². The highest BCUT2D eigenvalue weighted by Gasteiger charge is 2.29. The molecule has 1 aliphatic rings. The summed E-state index contributed by atoms with van der Waals surface area (Å²) in [5.74, 6) is 0.345. The van der Waals surface area contributed by atoms with E-state index in [9.17, 15) is 4.79 Å². The van der Waals surface area contributed by atoms with Crippen molar-refractivity contribution in [3.8, 4) is 0 Å². The Morgan fingerprint density at radius 3 is 2.79 bits per heavy atom. The summed E-state index contributed by atoms with van der Waals surface area (Å²) >= 11 is 0. The van der Waals surface area contributed by atoms with E-state index < -0.39 is 0 Å². The molecular weight excluding hydrogens is 236 g/mol. The topological polar surface area (TPSA) is 41.1 Å². The molecule has 3 atom stereocenters. The Balaban J connectivity index is 1.75. The largest absolute Gasteiger partial charge is 0.353 e. The van der Waals surface area contributed by atoms with E-state index in [-0.39, 0.29) is 17.9 Å². The summed E-state index contributed by atoms with van der Waals surface area (Å²) in [5, 5.41) is 6.46. The Kier molecular flexibility index (Phi) is 4.97. The Bertz CT molecular complexity index is 404. The van der Waals surface area contributed by atoms with Gasteiger partial charge in [0.2, 0.25) is 5.91 Å². The summed E-state index contributed by atoms with van der Waals surface area (Å²) in [6, 6.07) is 11.0.